The molecule has 0 bridgehead atoms. The molecule has 0 saturated carbocycles. The Morgan fingerprint density at radius 2 is 1.73 bits per heavy atom. The number of aryl methyl sites for hydroxylation is 2. The summed E-state index contributed by atoms with van der Waals surface area (Å²) >= 11 is 0. The maximum Gasteiger partial charge on any atom is 0.245 e. The Balaban J connectivity index is 1.54. The second-order valence-corrected chi connectivity index (χ2v) is 10.2. The number of amides is 2. The minimum Gasteiger partial charge on any atom is -0.467 e. The summed E-state index contributed by atoms with van der Waals surface area (Å²) in [5, 5.41) is 7.81. The zero-order valence-corrected chi connectivity index (χ0v) is 21.9. The zero-order chi connectivity index (χ0) is 26.4. The molecule has 0 saturated heterocycles. The molecule has 2 heterocycles. The van der Waals surface area contributed by atoms with Crippen LogP contribution in [0.25, 0.3) is 5.69 Å². The fourth-order valence-corrected chi connectivity index (χ4v) is 4.05. The van der Waals surface area contributed by atoms with Gasteiger partial charge in [0.15, 0.2) is 0 Å². The molecule has 0 atom stereocenters. The van der Waals surface area contributed by atoms with Crippen molar-refractivity contribution in [3.05, 3.63) is 102 Å². The molecule has 7 heteroatoms. The first-order chi connectivity index (χ1) is 17.7. The highest BCUT2D eigenvalue weighted by Crippen LogP contribution is 2.27. The van der Waals surface area contributed by atoms with Crippen LogP contribution in [0, 0.1) is 6.92 Å². The van der Waals surface area contributed by atoms with Crippen LogP contribution in [0.2, 0.25) is 0 Å². The van der Waals surface area contributed by atoms with E-state index in [9.17, 15) is 9.59 Å². The number of carbonyl (C=O) groups excluding carboxylic acids is 2. The highest BCUT2D eigenvalue weighted by atomic mass is 16.3. The van der Waals surface area contributed by atoms with Gasteiger partial charge in [-0.05, 0) is 42.7 Å². The van der Waals surface area contributed by atoms with Crippen molar-refractivity contribution in [1.82, 2.24) is 14.7 Å². The molecule has 0 radical (unpaired) electrons. The summed E-state index contributed by atoms with van der Waals surface area (Å²) in [6, 6.07) is 23.2. The molecule has 0 aliphatic heterocycles. The molecule has 0 spiro atoms. The van der Waals surface area contributed by atoms with Crippen LogP contribution < -0.4 is 5.32 Å². The lowest BCUT2D eigenvalue weighted by molar-refractivity contribution is -0.135. The number of nitrogens with zero attached hydrogens (tertiary/aromatic N) is 3. The fourth-order valence-electron chi connectivity index (χ4n) is 4.05. The fraction of sp³-hybridized carbons (Fsp3) is 0.300. The highest BCUT2D eigenvalue weighted by molar-refractivity contribution is 5.94. The number of hydrogen-bond acceptors (Lipinski definition) is 4. The lowest BCUT2D eigenvalue weighted by atomic mass is 9.92. The minimum absolute atomic E-state index is 0.0991. The average Bonchev–Trinajstić information content (AvgIpc) is 3.53. The van der Waals surface area contributed by atoms with Crippen molar-refractivity contribution in [2.45, 2.75) is 52.5 Å². The molecule has 0 aliphatic carbocycles. The monoisotopic (exact) mass is 498 g/mol. The van der Waals surface area contributed by atoms with E-state index in [1.807, 2.05) is 67.6 Å². The van der Waals surface area contributed by atoms with E-state index in [4.69, 9.17) is 9.52 Å². The van der Waals surface area contributed by atoms with Crippen molar-refractivity contribution in [1.29, 1.82) is 0 Å². The van der Waals surface area contributed by atoms with Crippen LogP contribution in [0.4, 0.5) is 5.82 Å². The topological polar surface area (TPSA) is 80.4 Å². The van der Waals surface area contributed by atoms with E-state index < -0.39 is 0 Å². The van der Waals surface area contributed by atoms with E-state index in [-0.39, 0.29) is 30.3 Å². The Bertz CT molecular complexity index is 1330. The number of furan rings is 1. The van der Waals surface area contributed by atoms with E-state index >= 15 is 0 Å². The quantitative estimate of drug-likeness (QED) is 0.322. The average molecular weight is 499 g/mol. The molecular formula is C30H34N4O3. The third-order valence-electron chi connectivity index (χ3n) is 6.17. The Hall–Kier alpha value is -4.13. The number of nitrogens with one attached hydrogen (secondary N) is 1. The van der Waals surface area contributed by atoms with Crippen molar-refractivity contribution >= 4 is 17.6 Å². The molecule has 1 N–H and O–H groups in total. The second kappa shape index (κ2) is 11.3. The largest absolute Gasteiger partial charge is 0.467 e. The molecular weight excluding hydrogens is 464 g/mol. The summed E-state index contributed by atoms with van der Waals surface area (Å²) in [5.41, 5.74) is 3.66. The molecule has 192 valence electrons. The van der Waals surface area contributed by atoms with Crippen LogP contribution in [0.3, 0.4) is 0 Å². The van der Waals surface area contributed by atoms with Crippen LogP contribution >= 0.6 is 0 Å². The zero-order valence-electron chi connectivity index (χ0n) is 21.9. The Morgan fingerprint density at radius 1 is 1.00 bits per heavy atom. The summed E-state index contributed by atoms with van der Waals surface area (Å²) in [6.45, 7) is 8.38. The highest BCUT2D eigenvalue weighted by Gasteiger charge is 2.24. The summed E-state index contributed by atoms with van der Waals surface area (Å²) < 4.78 is 7.23. The number of hydrogen-bond donors (Lipinski definition) is 1. The molecule has 4 aromatic rings. The SMILES string of the molecule is Cc1ccccc1-n1nc(C(C)(C)C)cc1NC(=O)CN(Cc1ccco1)C(=O)CCc1ccccc1. The smallest absolute Gasteiger partial charge is 0.245 e. The summed E-state index contributed by atoms with van der Waals surface area (Å²) in [5.74, 6) is 0.785. The van der Waals surface area contributed by atoms with Gasteiger partial charge in [0.2, 0.25) is 11.8 Å². The Labute approximate surface area is 218 Å². The van der Waals surface area contributed by atoms with Crippen LogP contribution in [0.5, 0.6) is 0 Å². The Kier molecular flexibility index (Phi) is 7.92. The molecule has 2 aromatic carbocycles. The molecule has 0 aliphatic rings. The molecule has 7 nitrogen and oxygen atoms in total. The number of anilines is 1. The maximum absolute atomic E-state index is 13.3. The summed E-state index contributed by atoms with van der Waals surface area (Å²) in [6.07, 6.45) is 2.47. The van der Waals surface area contributed by atoms with Gasteiger partial charge in [0.25, 0.3) is 0 Å². The van der Waals surface area contributed by atoms with E-state index in [1.54, 1.807) is 23.1 Å². The van der Waals surface area contributed by atoms with Crippen molar-refractivity contribution < 1.29 is 14.0 Å². The van der Waals surface area contributed by atoms with Gasteiger partial charge in [0.1, 0.15) is 18.1 Å². The lowest BCUT2D eigenvalue weighted by Crippen LogP contribution is -2.38. The van der Waals surface area contributed by atoms with Crippen molar-refractivity contribution in [3.8, 4) is 5.69 Å². The normalized spacial score (nSPS) is 11.4. The molecule has 0 fully saturated rings. The van der Waals surface area contributed by atoms with Gasteiger partial charge in [0.05, 0.1) is 24.2 Å². The molecule has 2 aromatic heterocycles. The number of rotatable bonds is 9. The van der Waals surface area contributed by atoms with E-state index in [0.29, 0.717) is 24.4 Å². The molecule has 37 heavy (non-hydrogen) atoms. The van der Waals surface area contributed by atoms with Gasteiger partial charge in [-0.15, -0.1) is 0 Å². The number of aromatic nitrogens is 2. The summed E-state index contributed by atoms with van der Waals surface area (Å²) in [4.78, 5) is 28.0. The first-order valence-corrected chi connectivity index (χ1v) is 12.5. The van der Waals surface area contributed by atoms with Crippen molar-refractivity contribution in [3.63, 3.8) is 0 Å². The van der Waals surface area contributed by atoms with Crippen molar-refractivity contribution in [2.75, 3.05) is 11.9 Å². The van der Waals surface area contributed by atoms with Crippen LogP contribution in [-0.2, 0) is 28.0 Å². The molecule has 4 rings (SSSR count). The van der Waals surface area contributed by atoms with Gasteiger partial charge in [-0.1, -0.05) is 69.3 Å². The van der Waals surface area contributed by atoms with Gasteiger partial charge in [0, 0.05) is 17.9 Å². The van der Waals surface area contributed by atoms with Crippen LogP contribution in [0.15, 0.2) is 83.5 Å². The first-order valence-electron chi connectivity index (χ1n) is 12.5. The van der Waals surface area contributed by atoms with Gasteiger partial charge >= 0.3 is 0 Å². The van der Waals surface area contributed by atoms with Crippen LogP contribution in [0.1, 0.15) is 49.8 Å². The first kappa shape index (κ1) is 25.9. The number of benzene rings is 2. The predicted molar refractivity (Wildman–Crippen MR) is 145 cm³/mol. The van der Waals surface area contributed by atoms with Gasteiger partial charge in [-0.2, -0.15) is 5.10 Å². The van der Waals surface area contributed by atoms with Crippen molar-refractivity contribution in [2.24, 2.45) is 0 Å². The van der Waals surface area contributed by atoms with E-state index in [1.165, 1.54) is 4.90 Å². The maximum atomic E-state index is 13.3. The minimum atomic E-state index is -0.296. The lowest BCUT2D eigenvalue weighted by Gasteiger charge is -2.21. The standard InChI is InChI=1S/C30H34N4O3/c1-22-11-8-9-15-25(22)34-27(19-26(32-34)30(2,3)4)31-28(35)21-33(20-24-14-10-18-37-24)29(36)17-16-23-12-6-5-7-13-23/h5-15,18-19H,16-17,20-21H2,1-4H3,(H,31,35). The summed E-state index contributed by atoms with van der Waals surface area (Å²) in [7, 11) is 0. The molecule has 2 amide bonds. The predicted octanol–water partition coefficient (Wildman–Crippen LogP) is 5.67. The van der Waals surface area contributed by atoms with E-state index in [2.05, 4.69) is 26.1 Å². The third kappa shape index (κ3) is 6.76. The Morgan fingerprint density at radius 3 is 2.41 bits per heavy atom. The van der Waals surface area contributed by atoms with Gasteiger partial charge in [-0.25, -0.2) is 4.68 Å². The number of carbonyl (C=O) groups is 2. The van der Waals surface area contributed by atoms with Gasteiger partial charge in [-0.3, -0.25) is 9.59 Å². The number of para-hydroxylation sites is 1. The molecule has 0 unspecified atom stereocenters. The van der Waals surface area contributed by atoms with Crippen LogP contribution in [-0.4, -0.2) is 33.0 Å². The second-order valence-electron chi connectivity index (χ2n) is 10.2. The third-order valence-corrected chi connectivity index (χ3v) is 6.17. The van der Waals surface area contributed by atoms with E-state index in [0.717, 1.165) is 22.5 Å². The van der Waals surface area contributed by atoms with Gasteiger partial charge < -0.3 is 14.6 Å².